The van der Waals surface area contributed by atoms with E-state index in [4.69, 9.17) is 0 Å². The summed E-state index contributed by atoms with van der Waals surface area (Å²) in [5.41, 5.74) is 2.35. The highest BCUT2D eigenvalue weighted by Crippen LogP contribution is 2.48. The summed E-state index contributed by atoms with van der Waals surface area (Å²) in [6.45, 7) is 5.74. The van der Waals surface area contributed by atoms with Crippen LogP contribution in [0.2, 0.25) is 0 Å². The molecular weight excluding hydrogens is 163 g/mol. The fraction of sp³-hybridized carbons (Fsp3) is 0.333. The van der Waals surface area contributed by atoms with Crippen molar-refractivity contribution in [2.24, 2.45) is 5.92 Å². The molecule has 2 atom stereocenters. The topological polar surface area (TPSA) is 0 Å². The molecule has 0 amide bonds. The molecule has 1 aliphatic rings. The fourth-order valence-electron chi connectivity index (χ4n) is 1.89. The van der Waals surface area contributed by atoms with Gasteiger partial charge in [-0.15, -0.1) is 6.58 Å². The molecule has 0 saturated heterocycles. The maximum atomic E-state index is 12.8. The van der Waals surface area contributed by atoms with Crippen LogP contribution < -0.4 is 0 Å². The third kappa shape index (κ3) is 1.51. The van der Waals surface area contributed by atoms with Gasteiger partial charge in [-0.05, 0) is 48.4 Å². The maximum Gasteiger partial charge on any atom is 0.123 e. The smallest absolute Gasteiger partial charge is 0.123 e. The van der Waals surface area contributed by atoms with Crippen LogP contribution in [0, 0.1) is 18.7 Å². The van der Waals surface area contributed by atoms with Gasteiger partial charge in [-0.25, -0.2) is 4.39 Å². The molecule has 68 valence electrons. The molecule has 0 bridgehead atoms. The molecule has 0 aromatic heterocycles. The normalized spacial score (nSPS) is 25.7. The molecule has 1 fully saturated rings. The van der Waals surface area contributed by atoms with Crippen LogP contribution in [0.15, 0.2) is 30.9 Å². The average Bonchev–Trinajstić information content (AvgIpc) is 2.83. The molecule has 13 heavy (non-hydrogen) atoms. The van der Waals surface area contributed by atoms with Gasteiger partial charge in [0.05, 0.1) is 0 Å². The van der Waals surface area contributed by atoms with Crippen molar-refractivity contribution in [2.75, 3.05) is 0 Å². The molecule has 0 N–H and O–H groups in total. The Morgan fingerprint density at radius 2 is 2.31 bits per heavy atom. The van der Waals surface area contributed by atoms with Gasteiger partial charge in [0.15, 0.2) is 0 Å². The third-order valence-electron chi connectivity index (χ3n) is 2.77. The first-order chi connectivity index (χ1) is 6.22. The first-order valence-corrected chi connectivity index (χ1v) is 4.61. The van der Waals surface area contributed by atoms with E-state index >= 15 is 0 Å². The highest BCUT2D eigenvalue weighted by molar-refractivity contribution is 5.35. The maximum absolute atomic E-state index is 12.8. The number of hydrogen-bond acceptors (Lipinski definition) is 0. The third-order valence-corrected chi connectivity index (χ3v) is 2.77. The first-order valence-electron chi connectivity index (χ1n) is 4.61. The van der Waals surface area contributed by atoms with E-state index in [1.165, 1.54) is 12.0 Å². The first kappa shape index (κ1) is 8.49. The van der Waals surface area contributed by atoms with Gasteiger partial charge < -0.3 is 0 Å². The van der Waals surface area contributed by atoms with Crippen molar-refractivity contribution in [3.05, 3.63) is 47.8 Å². The number of allylic oxidation sites excluding steroid dienone is 1. The van der Waals surface area contributed by atoms with Crippen molar-refractivity contribution < 1.29 is 4.39 Å². The summed E-state index contributed by atoms with van der Waals surface area (Å²) in [6, 6.07) is 5.05. The Hall–Kier alpha value is -1.11. The second kappa shape index (κ2) is 2.99. The Morgan fingerprint density at radius 1 is 1.54 bits per heavy atom. The minimum Gasteiger partial charge on any atom is -0.207 e. The molecular formula is C12H13F. The lowest BCUT2D eigenvalue weighted by Crippen LogP contribution is -1.88. The second-order valence-corrected chi connectivity index (χ2v) is 3.74. The Morgan fingerprint density at radius 3 is 2.85 bits per heavy atom. The second-order valence-electron chi connectivity index (χ2n) is 3.74. The van der Waals surface area contributed by atoms with E-state index in [2.05, 4.69) is 6.58 Å². The van der Waals surface area contributed by atoms with Crippen molar-refractivity contribution in [3.8, 4) is 0 Å². The van der Waals surface area contributed by atoms with Crippen LogP contribution in [0.5, 0.6) is 0 Å². The van der Waals surface area contributed by atoms with Gasteiger partial charge in [0.2, 0.25) is 0 Å². The predicted octanol–water partition coefficient (Wildman–Crippen LogP) is 3.42. The fourth-order valence-corrected chi connectivity index (χ4v) is 1.89. The summed E-state index contributed by atoms with van der Waals surface area (Å²) in [7, 11) is 0. The Balaban J connectivity index is 2.27. The SMILES string of the molecule is C=CC1CC1c1ccc(F)cc1C. The van der Waals surface area contributed by atoms with Gasteiger partial charge in [0.1, 0.15) is 5.82 Å². The largest absolute Gasteiger partial charge is 0.207 e. The monoisotopic (exact) mass is 176 g/mol. The molecule has 1 aliphatic carbocycles. The zero-order valence-electron chi connectivity index (χ0n) is 7.76. The minimum atomic E-state index is -0.142. The van der Waals surface area contributed by atoms with Gasteiger partial charge in [-0.3, -0.25) is 0 Å². The zero-order chi connectivity index (χ0) is 9.42. The van der Waals surface area contributed by atoms with Crippen LogP contribution in [-0.4, -0.2) is 0 Å². The molecule has 1 aromatic rings. The quantitative estimate of drug-likeness (QED) is 0.606. The lowest BCUT2D eigenvalue weighted by atomic mass is 10.0. The molecule has 2 unspecified atom stereocenters. The van der Waals surface area contributed by atoms with Gasteiger partial charge in [0.25, 0.3) is 0 Å². The van der Waals surface area contributed by atoms with Crippen molar-refractivity contribution in [1.82, 2.24) is 0 Å². The Kier molecular flexibility index (Phi) is 1.95. The number of halogens is 1. The van der Waals surface area contributed by atoms with E-state index in [-0.39, 0.29) is 5.82 Å². The van der Waals surface area contributed by atoms with E-state index in [9.17, 15) is 4.39 Å². The van der Waals surface area contributed by atoms with Gasteiger partial charge in [0, 0.05) is 0 Å². The van der Waals surface area contributed by atoms with E-state index in [0.29, 0.717) is 11.8 Å². The number of aryl methyl sites for hydroxylation is 1. The number of hydrogen-bond donors (Lipinski definition) is 0. The van der Waals surface area contributed by atoms with E-state index in [1.54, 1.807) is 12.1 Å². The molecule has 0 aliphatic heterocycles. The van der Waals surface area contributed by atoms with Crippen LogP contribution in [0.25, 0.3) is 0 Å². The van der Waals surface area contributed by atoms with Gasteiger partial charge in [-0.1, -0.05) is 12.1 Å². The lowest BCUT2D eigenvalue weighted by Gasteiger charge is -2.03. The zero-order valence-corrected chi connectivity index (χ0v) is 7.76. The minimum absolute atomic E-state index is 0.142. The lowest BCUT2D eigenvalue weighted by molar-refractivity contribution is 0.625. The highest BCUT2D eigenvalue weighted by Gasteiger charge is 2.36. The summed E-state index contributed by atoms with van der Waals surface area (Å²) < 4.78 is 12.8. The van der Waals surface area contributed by atoms with E-state index in [1.807, 2.05) is 19.1 Å². The van der Waals surface area contributed by atoms with Crippen molar-refractivity contribution in [3.63, 3.8) is 0 Å². The van der Waals surface area contributed by atoms with Crippen molar-refractivity contribution in [2.45, 2.75) is 19.3 Å². The highest BCUT2D eigenvalue weighted by atomic mass is 19.1. The summed E-state index contributed by atoms with van der Waals surface area (Å²) >= 11 is 0. The molecule has 2 rings (SSSR count). The Labute approximate surface area is 78.1 Å². The predicted molar refractivity (Wildman–Crippen MR) is 52.2 cm³/mol. The van der Waals surface area contributed by atoms with E-state index < -0.39 is 0 Å². The summed E-state index contributed by atoms with van der Waals surface area (Å²) in [5, 5.41) is 0. The van der Waals surface area contributed by atoms with Crippen molar-refractivity contribution >= 4 is 0 Å². The summed E-state index contributed by atoms with van der Waals surface area (Å²) in [4.78, 5) is 0. The summed E-state index contributed by atoms with van der Waals surface area (Å²) in [6.07, 6.45) is 3.17. The van der Waals surface area contributed by atoms with Crippen molar-refractivity contribution in [1.29, 1.82) is 0 Å². The Bertz CT molecular complexity index is 341. The van der Waals surface area contributed by atoms with Crippen LogP contribution in [0.4, 0.5) is 4.39 Å². The molecule has 0 spiro atoms. The van der Waals surface area contributed by atoms with Crippen LogP contribution >= 0.6 is 0 Å². The molecule has 1 heteroatoms. The van der Waals surface area contributed by atoms with Crippen LogP contribution in [0.3, 0.4) is 0 Å². The molecule has 0 radical (unpaired) electrons. The number of benzene rings is 1. The summed E-state index contributed by atoms with van der Waals surface area (Å²) in [5.74, 6) is 1.07. The molecule has 1 saturated carbocycles. The molecule has 1 aromatic carbocycles. The number of rotatable bonds is 2. The van der Waals surface area contributed by atoms with Crippen LogP contribution in [-0.2, 0) is 0 Å². The van der Waals surface area contributed by atoms with E-state index in [0.717, 1.165) is 5.56 Å². The molecule has 0 nitrogen and oxygen atoms in total. The molecule has 0 heterocycles. The standard InChI is InChI=1S/C12H13F/c1-3-9-7-12(9)11-5-4-10(13)6-8(11)2/h3-6,9,12H,1,7H2,2H3. The van der Waals surface area contributed by atoms with Gasteiger partial charge in [-0.2, -0.15) is 0 Å². The van der Waals surface area contributed by atoms with Crippen LogP contribution in [0.1, 0.15) is 23.5 Å². The van der Waals surface area contributed by atoms with Gasteiger partial charge >= 0.3 is 0 Å². The average molecular weight is 176 g/mol.